The molecule has 0 aliphatic carbocycles. The van der Waals surface area contributed by atoms with E-state index in [0.29, 0.717) is 0 Å². The molecule has 0 saturated heterocycles. The van der Waals surface area contributed by atoms with Crippen LogP contribution < -0.4 is 14.7 Å². The number of hydrogen-bond acceptors (Lipinski definition) is 3. The third kappa shape index (κ3) is 6.70. The molecule has 1 aromatic heterocycles. The molecule has 0 fully saturated rings. The molecule has 0 aliphatic heterocycles. The van der Waals surface area contributed by atoms with Gasteiger partial charge in [-0.3, -0.25) is 0 Å². The minimum absolute atomic E-state index is 1.04. The third-order valence-electron chi connectivity index (χ3n) is 11.7. The normalized spacial score (nSPS) is 11.2. The Labute approximate surface area is 362 Å². The second-order valence-corrected chi connectivity index (χ2v) is 15.4. The molecule has 0 saturated carbocycles. The van der Waals surface area contributed by atoms with Crippen LogP contribution in [0, 0.1) is 0 Å². The zero-order valence-electron chi connectivity index (χ0n) is 34.0. The summed E-state index contributed by atoms with van der Waals surface area (Å²) >= 11 is 0. The molecule has 0 N–H and O–H groups in total. The molecule has 10 aromatic carbocycles. The van der Waals surface area contributed by atoms with E-state index in [9.17, 15) is 0 Å². The number of nitrogens with zero attached hydrogens (tertiary/aromatic N) is 4. The number of rotatable bonds is 10. The number of para-hydroxylation sites is 5. The molecule has 0 atom stereocenters. The predicted molar refractivity (Wildman–Crippen MR) is 262 cm³/mol. The van der Waals surface area contributed by atoms with E-state index in [-0.39, 0.29) is 0 Å². The van der Waals surface area contributed by atoms with Crippen LogP contribution in [0.2, 0.25) is 0 Å². The molecule has 11 rings (SSSR count). The Morgan fingerprint density at radius 1 is 0.242 bits per heavy atom. The van der Waals surface area contributed by atoms with Crippen LogP contribution in [0.1, 0.15) is 0 Å². The molecule has 0 amide bonds. The van der Waals surface area contributed by atoms with Crippen molar-refractivity contribution in [3.63, 3.8) is 0 Å². The lowest BCUT2D eigenvalue weighted by atomic mass is 10.1. The van der Waals surface area contributed by atoms with E-state index in [4.69, 9.17) is 0 Å². The monoisotopic (exact) mass is 794 g/mol. The van der Waals surface area contributed by atoms with Crippen LogP contribution in [0.25, 0.3) is 38.3 Å². The van der Waals surface area contributed by atoms with Gasteiger partial charge in [-0.1, -0.05) is 146 Å². The van der Waals surface area contributed by atoms with Gasteiger partial charge >= 0.3 is 0 Å². The Hall–Kier alpha value is -8.34. The highest BCUT2D eigenvalue weighted by Crippen LogP contribution is 2.45. The molecular formula is C58H42N4. The predicted octanol–water partition coefficient (Wildman–Crippen LogP) is 16.3. The summed E-state index contributed by atoms with van der Waals surface area (Å²) in [5, 5.41) is 4.82. The minimum Gasteiger partial charge on any atom is -0.310 e. The SMILES string of the molecule is c1ccc(N(c2ccccc2)c2cccc(N(c3cccc(N(c4ccccc4)c4cccc5ccccc45)c3)c3ccc4c5ccccc5n(-c5ccccc5)c4c3)c2)cc1. The summed E-state index contributed by atoms with van der Waals surface area (Å²) in [6.45, 7) is 0. The maximum atomic E-state index is 2.40. The second kappa shape index (κ2) is 16.0. The van der Waals surface area contributed by atoms with Crippen molar-refractivity contribution in [2.45, 2.75) is 0 Å². The summed E-state index contributed by atoms with van der Waals surface area (Å²) in [6.07, 6.45) is 0. The smallest absolute Gasteiger partial charge is 0.0561 e. The van der Waals surface area contributed by atoms with Gasteiger partial charge in [0, 0.05) is 67.3 Å². The van der Waals surface area contributed by atoms with E-state index in [2.05, 4.69) is 274 Å². The molecule has 62 heavy (non-hydrogen) atoms. The lowest BCUT2D eigenvalue weighted by molar-refractivity contribution is 1.18. The summed E-state index contributed by atoms with van der Waals surface area (Å²) in [4.78, 5) is 7.11. The molecule has 11 aromatic rings. The Morgan fingerprint density at radius 2 is 0.645 bits per heavy atom. The standard InChI is InChI=1S/C58H42N4/c1-5-22-44(23-6-1)59(45-24-7-2-8-25-45)48-30-18-31-49(40-48)60(52-38-39-55-54-35-15-16-36-57(54)62(58(55)42-52)47-28-11-4-12-29-47)50-32-19-33-51(41-50)61(46-26-9-3-10-27-46)56-37-17-21-43-20-13-14-34-53(43)56/h1-42H. The maximum Gasteiger partial charge on any atom is 0.0561 e. The van der Waals surface area contributed by atoms with Gasteiger partial charge < -0.3 is 19.3 Å². The van der Waals surface area contributed by atoms with Crippen molar-refractivity contribution < 1.29 is 0 Å². The summed E-state index contributed by atoms with van der Waals surface area (Å²) < 4.78 is 2.39. The first-order chi connectivity index (χ1) is 30.8. The highest BCUT2D eigenvalue weighted by Gasteiger charge is 2.22. The van der Waals surface area contributed by atoms with E-state index in [0.717, 1.165) is 62.4 Å². The van der Waals surface area contributed by atoms with Gasteiger partial charge in [-0.25, -0.2) is 0 Å². The average Bonchev–Trinajstić information content (AvgIpc) is 3.67. The first kappa shape index (κ1) is 36.7. The van der Waals surface area contributed by atoms with Crippen molar-refractivity contribution in [2.75, 3.05) is 14.7 Å². The molecule has 294 valence electrons. The molecule has 0 unspecified atom stereocenters. The fourth-order valence-corrected chi connectivity index (χ4v) is 8.95. The Bertz CT molecular complexity index is 3260. The van der Waals surface area contributed by atoms with Crippen LogP contribution in [-0.4, -0.2) is 4.57 Å². The highest BCUT2D eigenvalue weighted by atomic mass is 15.2. The molecular weight excluding hydrogens is 753 g/mol. The van der Waals surface area contributed by atoms with Crippen molar-refractivity contribution in [2.24, 2.45) is 0 Å². The Morgan fingerprint density at radius 3 is 1.26 bits per heavy atom. The molecule has 0 radical (unpaired) electrons. The van der Waals surface area contributed by atoms with Gasteiger partial charge in [0.25, 0.3) is 0 Å². The van der Waals surface area contributed by atoms with E-state index < -0.39 is 0 Å². The zero-order valence-corrected chi connectivity index (χ0v) is 34.0. The van der Waals surface area contributed by atoms with E-state index in [1.807, 2.05) is 0 Å². The number of aromatic nitrogens is 1. The molecule has 1 heterocycles. The fourth-order valence-electron chi connectivity index (χ4n) is 8.95. The van der Waals surface area contributed by atoms with E-state index in [1.165, 1.54) is 27.1 Å². The summed E-state index contributed by atoms with van der Waals surface area (Å²) in [5.74, 6) is 0. The largest absolute Gasteiger partial charge is 0.310 e. The number of fused-ring (bicyclic) bond motifs is 4. The quantitative estimate of drug-likeness (QED) is 0.137. The summed E-state index contributed by atoms with van der Waals surface area (Å²) in [5.41, 5.74) is 13.1. The third-order valence-corrected chi connectivity index (χ3v) is 11.7. The molecule has 4 heteroatoms. The van der Waals surface area contributed by atoms with Crippen LogP contribution in [0.5, 0.6) is 0 Å². The van der Waals surface area contributed by atoms with E-state index >= 15 is 0 Å². The Kier molecular flexibility index (Phi) is 9.49. The van der Waals surface area contributed by atoms with Crippen molar-refractivity contribution in [3.05, 3.63) is 255 Å². The van der Waals surface area contributed by atoms with Crippen LogP contribution in [-0.2, 0) is 0 Å². The van der Waals surface area contributed by atoms with Gasteiger partial charge in [-0.15, -0.1) is 0 Å². The van der Waals surface area contributed by atoms with Crippen LogP contribution in [0.4, 0.5) is 51.2 Å². The van der Waals surface area contributed by atoms with Crippen molar-refractivity contribution in [1.29, 1.82) is 0 Å². The summed E-state index contributed by atoms with van der Waals surface area (Å²) in [7, 11) is 0. The van der Waals surface area contributed by atoms with Crippen LogP contribution in [0.3, 0.4) is 0 Å². The highest BCUT2D eigenvalue weighted by molar-refractivity contribution is 6.10. The van der Waals surface area contributed by atoms with Crippen molar-refractivity contribution in [1.82, 2.24) is 4.57 Å². The van der Waals surface area contributed by atoms with Crippen molar-refractivity contribution >= 4 is 83.8 Å². The van der Waals surface area contributed by atoms with Gasteiger partial charge in [-0.05, 0) is 115 Å². The second-order valence-electron chi connectivity index (χ2n) is 15.4. The van der Waals surface area contributed by atoms with Crippen molar-refractivity contribution in [3.8, 4) is 5.69 Å². The van der Waals surface area contributed by atoms with E-state index in [1.54, 1.807) is 0 Å². The maximum absolute atomic E-state index is 2.40. The average molecular weight is 795 g/mol. The van der Waals surface area contributed by atoms with Gasteiger partial charge in [0.15, 0.2) is 0 Å². The summed E-state index contributed by atoms with van der Waals surface area (Å²) in [6, 6.07) is 91.3. The van der Waals surface area contributed by atoms with Gasteiger partial charge in [-0.2, -0.15) is 0 Å². The molecule has 0 spiro atoms. The fraction of sp³-hybridized carbons (Fsp3) is 0. The van der Waals surface area contributed by atoms with Gasteiger partial charge in [0.1, 0.15) is 0 Å². The minimum atomic E-state index is 1.04. The first-order valence-corrected chi connectivity index (χ1v) is 21.1. The molecule has 0 aliphatic rings. The lowest BCUT2D eigenvalue weighted by Gasteiger charge is -2.31. The molecule has 4 nitrogen and oxygen atoms in total. The van der Waals surface area contributed by atoms with Crippen LogP contribution >= 0.6 is 0 Å². The van der Waals surface area contributed by atoms with Gasteiger partial charge in [0.05, 0.1) is 16.7 Å². The van der Waals surface area contributed by atoms with Crippen LogP contribution in [0.15, 0.2) is 255 Å². The number of benzene rings is 10. The Balaban J connectivity index is 1.14. The zero-order chi connectivity index (χ0) is 41.2. The number of anilines is 9. The topological polar surface area (TPSA) is 14.7 Å². The number of hydrogen-bond donors (Lipinski definition) is 0. The molecule has 0 bridgehead atoms. The first-order valence-electron chi connectivity index (χ1n) is 21.1. The lowest BCUT2D eigenvalue weighted by Crippen LogP contribution is -2.14. The van der Waals surface area contributed by atoms with Gasteiger partial charge in [0.2, 0.25) is 0 Å².